The van der Waals surface area contributed by atoms with Gasteiger partial charge in [0.05, 0.1) is 18.8 Å². The molecule has 0 saturated carbocycles. The van der Waals surface area contributed by atoms with Gasteiger partial charge < -0.3 is 14.2 Å². The maximum atomic E-state index is 13.9. The predicted molar refractivity (Wildman–Crippen MR) is 93.0 cm³/mol. The monoisotopic (exact) mass is 348 g/mol. The zero-order valence-electron chi connectivity index (χ0n) is 14.8. The molecule has 2 aromatic rings. The largest absolute Gasteiger partial charge is 0.384 e. The summed E-state index contributed by atoms with van der Waals surface area (Å²) in [5.41, 5.74) is 0.697. The van der Waals surface area contributed by atoms with E-state index in [9.17, 15) is 4.39 Å². The van der Waals surface area contributed by atoms with Crippen LogP contribution >= 0.6 is 0 Å². The van der Waals surface area contributed by atoms with Crippen molar-refractivity contribution in [2.75, 3.05) is 38.8 Å². The van der Waals surface area contributed by atoms with Crippen molar-refractivity contribution in [1.29, 1.82) is 0 Å². The van der Waals surface area contributed by atoms with Crippen LogP contribution in [0.5, 0.6) is 0 Å². The second-order valence-electron chi connectivity index (χ2n) is 6.43. The topological polar surface area (TPSA) is 54.6 Å². The van der Waals surface area contributed by atoms with Crippen LogP contribution in [0.2, 0.25) is 0 Å². The molecule has 0 spiro atoms. The first-order chi connectivity index (χ1) is 12.2. The first-order valence-electron chi connectivity index (χ1n) is 8.67. The van der Waals surface area contributed by atoms with E-state index < -0.39 is 0 Å². The molecule has 1 saturated heterocycles. The van der Waals surface area contributed by atoms with E-state index in [-0.39, 0.29) is 5.82 Å². The number of nitrogens with zero attached hydrogens (tertiary/aromatic N) is 4. The summed E-state index contributed by atoms with van der Waals surface area (Å²) < 4.78 is 24.3. The van der Waals surface area contributed by atoms with Crippen LogP contribution in [-0.2, 0) is 17.7 Å². The maximum absolute atomic E-state index is 13.9. The first kappa shape index (κ1) is 17.8. The van der Waals surface area contributed by atoms with Gasteiger partial charge in [-0.15, -0.1) is 0 Å². The molecule has 0 aliphatic carbocycles. The van der Waals surface area contributed by atoms with E-state index in [0.717, 1.165) is 25.9 Å². The van der Waals surface area contributed by atoms with Crippen molar-refractivity contribution in [3.8, 4) is 0 Å². The van der Waals surface area contributed by atoms with Gasteiger partial charge in [0.15, 0.2) is 5.82 Å². The third kappa shape index (κ3) is 4.55. The van der Waals surface area contributed by atoms with Crippen LogP contribution in [0.25, 0.3) is 0 Å². The van der Waals surface area contributed by atoms with Crippen molar-refractivity contribution in [3.63, 3.8) is 0 Å². The highest BCUT2D eigenvalue weighted by molar-refractivity contribution is 5.47. The Labute approximate surface area is 147 Å². The van der Waals surface area contributed by atoms with Gasteiger partial charge in [-0.05, 0) is 32.0 Å². The van der Waals surface area contributed by atoms with Crippen molar-refractivity contribution in [1.82, 2.24) is 15.0 Å². The van der Waals surface area contributed by atoms with E-state index >= 15 is 0 Å². The molecule has 136 valence electrons. The van der Waals surface area contributed by atoms with Gasteiger partial charge in [0, 0.05) is 32.7 Å². The zero-order chi connectivity index (χ0) is 17.6. The number of hydrogen-bond acceptors (Lipinski definition) is 6. The molecule has 25 heavy (non-hydrogen) atoms. The highest BCUT2D eigenvalue weighted by atomic mass is 19.1. The summed E-state index contributed by atoms with van der Waals surface area (Å²) in [6.45, 7) is 2.91. The standard InChI is InChI=1S/C18H25FN4O2/c1-22(13-18-20-17(21-25-18)9-12-24-2)14-7-10-23(11-8-14)16-6-4-3-5-15(16)19/h3-6,14H,7-13H2,1-2H3. The molecule has 1 aromatic heterocycles. The lowest BCUT2D eigenvalue weighted by Crippen LogP contribution is -2.43. The Balaban J connectivity index is 1.50. The molecular weight excluding hydrogens is 323 g/mol. The van der Waals surface area contributed by atoms with Crippen LogP contribution in [0, 0.1) is 5.82 Å². The molecule has 0 amide bonds. The number of hydrogen-bond donors (Lipinski definition) is 0. The van der Waals surface area contributed by atoms with Crippen LogP contribution in [0.3, 0.4) is 0 Å². The van der Waals surface area contributed by atoms with E-state index in [1.165, 1.54) is 6.07 Å². The predicted octanol–water partition coefficient (Wildman–Crippen LogP) is 2.50. The number of halogens is 1. The molecule has 0 atom stereocenters. The summed E-state index contributed by atoms with van der Waals surface area (Å²) in [5.74, 6) is 1.16. The smallest absolute Gasteiger partial charge is 0.240 e. The minimum Gasteiger partial charge on any atom is -0.384 e. The fourth-order valence-electron chi connectivity index (χ4n) is 3.25. The third-order valence-corrected chi connectivity index (χ3v) is 4.71. The minimum atomic E-state index is -0.149. The molecule has 0 unspecified atom stereocenters. The Bertz CT molecular complexity index is 671. The quantitative estimate of drug-likeness (QED) is 0.766. The zero-order valence-corrected chi connectivity index (χ0v) is 14.8. The molecule has 0 bridgehead atoms. The summed E-state index contributed by atoms with van der Waals surface area (Å²) in [6, 6.07) is 7.40. The van der Waals surface area contributed by atoms with Crippen LogP contribution in [0.15, 0.2) is 28.8 Å². The van der Waals surface area contributed by atoms with Gasteiger partial charge in [-0.1, -0.05) is 17.3 Å². The van der Waals surface area contributed by atoms with Crippen LogP contribution in [-0.4, -0.2) is 54.9 Å². The molecule has 1 aliphatic rings. The lowest BCUT2D eigenvalue weighted by molar-refractivity contribution is 0.177. The normalized spacial score (nSPS) is 15.9. The number of piperidine rings is 1. The lowest BCUT2D eigenvalue weighted by Gasteiger charge is -2.37. The SMILES string of the molecule is COCCc1noc(CN(C)C2CCN(c3ccccc3F)CC2)n1. The van der Waals surface area contributed by atoms with Gasteiger partial charge in [-0.3, -0.25) is 4.90 Å². The number of benzene rings is 1. The van der Waals surface area contributed by atoms with Crippen molar-refractivity contribution in [2.45, 2.75) is 31.8 Å². The number of aromatic nitrogens is 2. The van der Waals surface area contributed by atoms with E-state index in [0.29, 0.717) is 43.0 Å². The second-order valence-corrected chi connectivity index (χ2v) is 6.43. The Morgan fingerprint density at radius 2 is 2.08 bits per heavy atom. The van der Waals surface area contributed by atoms with Gasteiger partial charge in [-0.2, -0.15) is 4.98 Å². The van der Waals surface area contributed by atoms with Crippen LogP contribution in [0.4, 0.5) is 10.1 Å². The van der Waals surface area contributed by atoms with Crippen molar-refractivity contribution in [2.24, 2.45) is 0 Å². The van der Waals surface area contributed by atoms with E-state index in [2.05, 4.69) is 27.0 Å². The Morgan fingerprint density at radius 3 is 2.80 bits per heavy atom. The molecule has 1 aromatic carbocycles. The van der Waals surface area contributed by atoms with Gasteiger partial charge in [0.25, 0.3) is 0 Å². The van der Waals surface area contributed by atoms with Crippen LogP contribution in [0.1, 0.15) is 24.6 Å². The molecule has 0 N–H and O–H groups in total. The molecule has 2 heterocycles. The molecule has 0 radical (unpaired) electrons. The Hall–Kier alpha value is -1.99. The summed E-state index contributed by atoms with van der Waals surface area (Å²) in [4.78, 5) is 8.76. The third-order valence-electron chi connectivity index (χ3n) is 4.71. The molecular formula is C18H25FN4O2. The van der Waals surface area contributed by atoms with E-state index in [4.69, 9.17) is 9.26 Å². The summed E-state index contributed by atoms with van der Waals surface area (Å²) in [5, 5.41) is 3.97. The van der Waals surface area contributed by atoms with Crippen molar-refractivity contribution >= 4 is 5.69 Å². The summed E-state index contributed by atoms with van der Waals surface area (Å²) >= 11 is 0. The van der Waals surface area contributed by atoms with Crippen molar-refractivity contribution < 1.29 is 13.7 Å². The highest BCUT2D eigenvalue weighted by Crippen LogP contribution is 2.25. The molecule has 6 nitrogen and oxygen atoms in total. The molecule has 7 heteroatoms. The van der Waals surface area contributed by atoms with Crippen molar-refractivity contribution in [3.05, 3.63) is 41.8 Å². The van der Waals surface area contributed by atoms with E-state index in [1.807, 2.05) is 12.1 Å². The highest BCUT2D eigenvalue weighted by Gasteiger charge is 2.25. The Morgan fingerprint density at radius 1 is 1.32 bits per heavy atom. The number of ether oxygens (including phenoxy) is 1. The van der Waals surface area contributed by atoms with E-state index in [1.54, 1.807) is 13.2 Å². The minimum absolute atomic E-state index is 0.149. The number of anilines is 1. The van der Waals surface area contributed by atoms with Gasteiger partial charge in [0.2, 0.25) is 5.89 Å². The first-order valence-corrected chi connectivity index (χ1v) is 8.67. The average molecular weight is 348 g/mol. The summed E-state index contributed by atoms with van der Waals surface area (Å²) in [7, 11) is 3.73. The number of rotatable bonds is 7. The maximum Gasteiger partial charge on any atom is 0.240 e. The molecule has 3 rings (SSSR count). The molecule has 1 aliphatic heterocycles. The lowest BCUT2D eigenvalue weighted by atomic mass is 10.0. The number of para-hydroxylation sites is 1. The van der Waals surface area contributed by atoms with Gasteiger partial charge >= 0.3 is 0 Å². The second kappa shape index (κ2) is 8.40. The van der Waals surface area contributed by atoms with Gasteiger partial charge in [0.1, 0.15) is 5.82 Å². The molecule has 1 fully saturated rings. The average Bonchev–Trinajstić information content (AvgIpc) is 3.08. The van der Waals surface area contributed by atoms with Crippen LogP contribution < -0.4 is 4.90 Å². The van der Waals surface area contributed by atoms with Gasteiger partial charge in [-0.25, -0.2) is 4.39 Å². The summed E-state index contributed by atoms with van der Waals surface area (Å²) in [6.07, 6.45) is 2.62. The fraction of sp³-hybridized carbons (Fsp3) is 0.556. The fourth-order valence-corrected chi connectivity index (χ4v) is 3.25. The number of methoxy groups -OCH3 is 1. The Kier molecular flexibility index (Phi) is 5.99.